The number of para-hydroxylation sites is 1. The van der Waals surface area contributed by atoms with E-state index in [4.69, 9.17) is 4.74 Å². The molecule has 0 aliphatic carbocycles. The highest BCUT2D eigenvalue weighted by molar-refractivity contribution is 5.82. The first-order chi connectivity index (χ1) is 14.0. The molecule has 1 amide bonds. The fourth-order valence-corrected chi connectivity index (χ4v) is 4.04. The first kappa shape index (κ1) is 19.6. The molecule has 2 aliphatic heterocycles. The van der Waals surface area contributed by atoms with Gasteiger partial charge in [0.05, 0.1) is 18.7 Å². The first-order valence-corrected chi connectivity index (χ1v) is 9.98. The summed E-state index contributed by atoms with van der Waals surface area (Å²) in [6, 6.07) is 11.0. The zero-order chi connectivity index (χ0) is 20.4. The first-order valence-electron chi connectivity index (χ1n) is 9.98. The van der Waals surface area contributed by atoms with Crippen LogP contribution in [0.15, 0.2) is 42.5 Å². The number of halogens is 2. The van der Waals surface area contributed by atoms with Gasteiger partial charge in [-0.25, -0.2) is 8.78 Å². The maximum atomic E-state index is 13.5. The van der Waals surface area contributed by atoms with Crippen LogP contribution in [0.3, 0.4) is 0 Å². The zero-order valence-corrected chi connectivity index (χ0v) is 16.4. The molecule has 154 valence electrons. The Morgan fingerprint density at radius 1 is 1.10 bits per heavy atom. The van der Waals surface area contributed by atoms with Gasteiger partial charge in [-0.3, -0.25) is 9.69 Å². The number of benzene rings is 2. The predicted octanol–water partition coefficient (Wildman–Crippen LogP) is 3.12. The largest absolute Gasteiger partial charge is 0.493 e. The average Bonchev–Trinajstić information content (AvgIpc) is 2.73. The number of nitrogens with zero attached hydrogens (tertiary/aromatic N) is 2. The molecule has 0 aromatic heterocycles. The highest BCUT2D eigenvalue weighted by Gasteiger charge is 2.29. The van der Waals surface area contributed by atoms with E-state index in [0.29, 0.717) is 38.5 Å². The van der Waals surface area contributed by atoms with Crippen molar-refractivity contribution in [2.45, 2.75) is 25.4 Å². The molecule has 0 saturated carbocycles. The normalized spacial score (nSPS) is 20.5. The third kappa shape index (κ3) is 4.34. The molecular formula is C22H25F2N3O2. The van der Waals surface area contributed by atoms with Crippen molar-refractivity contribution in [3.63, 3.8) is 0 Å². The minimum Gasteiger partial charge on any atom is -0.493 e. The number of amides is 1. The van der Waals surface area contributed by atoms with E-state index in [-0.39, 0.29) is 18.0 Å². The lowest BCUT2D eigenvalue weighted by Crippen LogP contribution is -2.54. The monoisotopic (exact) mass is 401 g/mol. The predicted molar refractivity (Wildman–Crippen MR) is 107 cm³/mol. The highest BCUT2D eigenvalue weighted by Crippen LogP contribution is 2.31. The third-order valence-electron chi connectivity index (χ3n) is 5.73. The molecular weight excluding hydrogens is 376 g/mol. The van der Waals surface area contributed by atoms with Crippen LogP contribution in [-0.4, -0.2) is 49.6 Å². The lowest BCUT2D eigenvalue weighted by atomic mass is 10.00. The van der Waals surface area contributed by atoms with E-state index in [1.165, 1.54) is 12.1 Å². The summed E-state index contributed by atoms with van der Waals surface area (Å²) in [5.41, 5.74) is 1.55. The van der Waals surface area contributed by atoms with Gasteiger partial charge in [-0.2, -0.15) is 0 Å². The third-order valence-corrected chi connectivity index (χ3v) is 5.73. The van der Waals surface area contributed by atoms with Gasteiger partial charge in [-0.15, -0.1) is 0 Å². The van der Waals surface area contributed by atoms with Gasteiger partial charge in [0.2, 0.25) is 5.91 Å². The second-order valence-corrected chi connectivity index (χ2v) is 7.56. The van der Waals surface area contributed by atoms with Crippen LogP contribution in [0, 0.1) is 11.6 Å². The number of anilines is 1. The van der Waals surface area contributed by atoms with E-state index in [1.54, 1.807) is 0 Å². The number of carbonyl (C=O) groups excluding carboxylic acids is 1. The van der Waals surface area contributed by atoms with Crippen LogP contribution in [0.5, 0.6) is 5.75 Å². The molecule has 0 spiro atoms. The van der Waals surface area contributed by atoms with Crippen molar-refractivity contribution in [2.75, 3.05) is 37.7 Å². The summed E-state index contributed by atoms with van der Waals surface area (Å²) in [5.74, 6) is -0.344. The van der Waals surface area contributed by atoms with E-state index >= 15 is 0 Å². The van der Waals surface area contributed by atoms with Crippen LogP contribution in [0.2, 0.25) is 0 Å². The number of ether oxygens (including phenoxy) is 1. The molecule has 2 aliphatic rings. The molecule has 0 unspecified atom stereocenters. The lowest BCUT2D eigenvalue weighted by Gasteiger charge is -2.39. The molecule has 2 aromatic carbocycles. The van der Waals surface area contributed by atoms with Crippen molar-refractivity contribution >= 4 is 11.6 Å². The molecule has 0 radical (unpaired) electrons. The minimum atomic E-state index is -0.577. The summed E-state index contributed by atoms with van der Waals surface area (Å²) in [5, 5.41) is 3.16. The van der Waals surface area contributed by atoms with Crippen molar-refractivity contribution in [1.29, 1.82) is 0 Å². The van der Waals surface area contributed by atoms with Crippen LogP contribution < -0.4 is 15.0 Å². The summed E-state index contributed by atoms with van der Waals surface area (Å²) in [4.78, 5) is 16.9. The number of hydrogen-bond acceptors (Lipinski definition) is 4. The summed E-state index contributed by atoms with van der Waals surface area (Å²) in [6.07, 6.45) is 0.744. The number of piperazine rings is 1. The fraction of sp³-hybridized carbons (Fsp3) is 0.409. The zero-order valence-electron chi connectivity index (χ0n) is 16.4. The number of nitrogens with one attached hydrogen (secondary N) is 1. The Morgan fingerprint density at radius 2 is 1.79 bits per heavy atom. The molecule has 4 rings (SSSR count). The SMILES string of the molecule is C[C@H](C(=O)N[C@@H]1CCOc2ccccc21)N1CCN(c2cc(F)cc(F)c2)CC1. The maximum absolute atomic E-state index is 13.5. The van der Waals surface area contributed by atoms with Gasteiger partial charge < -0.3 is 15.0 Å². The fourth-order valence-electron chi connectivity index (χ4n) is 4.04. The molecule has 7 heteroatoms. The standard InChI is InChI=1S/C22H25F2N3O2/c1-15(22(28)25-20-6-11-29-21-5-3-2-4-19(20)21)26-7-9-27(10-8-26)18-13-16(23)12-17(24)14-18/h2-5,12-15,20H,6-11H2,1H3,(H,25,28)/t15-,20-/m1/s1. The van der Waals surface area contributed by atoms with Crippen molar-refractivity contribution in [3.05, 3.63) is 59.7 Å². The smallest absolute Gasteiger partial charge is 0.237 e. The topological polar surface area (TPSA) is 44.8 Å². The van der Waals surface area contributed by atoms with Gasteiger partial charge in [-0.05, 0) is 25.1 Å². The van der Waals surface area contributed by atoms with E-state index in [0.717, 1.165) is 23.8 Å². The van der Waals surface area contributed by atoms with E-state index in [9.17, 15) is 13.6 Å². The van der Waals surface area contributed by atoms with E-state index in [1.807, 2.05) is 36.1 Å². The Labute approximate surface area is 169 Å². The van der Waals surface area contributed by atoms with E-state index < -0.39 is 11.6 Å². The second kappa shape index (κ2) is 8.37. The number of carbonyl (C=O) groups is 1. The van der Waals surface area contributed by atoms with Crippen molar-refractivity contribution in [3.8, 4) is 5.75 Å². The van der Waals surface area contributed by atoms with Crippen LogP contribution >= 0.6 is 0 Å². The molecule has 1 fully saturated rings. The maximum Gasteiger partial charge on any atom is 0.237 e. The summed E-state index contributed by atoms with van der Waals surface area (Å²) >= 11 is 0. The Bertz CT molecular complexity index is 864. The van der Waals surface area contributed by atoms with Crippen LogP contribution in [0.25, 0.3) is 0 Å². The molecule has 29 heavy (non-hydrogen) atoms. The summed E-state index contributed by atoms with van der Waals surface area (Å²) in [7, 11) is 0. The summed E-state index contributed by atoms with van der Waals surface area (Å²) in [6.45, 7) is 5.01. The van der Waals surface area contributed by atoms with Crippen molar-refractivity contribution in [1.82, 2.24) is 10.2 Å². The number of hydrogen-bond donors (Lipinski definition) is 1. The summed E-state index contributed by atoms with van der Waals surface area (Å²) < 4.78 is 32.6. The molecule has 2 heterocycles. The molecule has 0 bridgehead atoms. The van der Waals surface area contributed by atoms with Crippen molar-refractivity contribution < 1.29 is 18.3 Å². The van der Waals surface area contributed by atoms with Gasteiger partial charge in [-0.1, -0.05) is 18.2 Å². The quantitative estimate of drug-likeness (QED) is 0.855. The second-order valence-electron chi connectivity index (χ2n) is 7.56. The van der Waals surface area contributed by atoms with Crippen LogP contribution in [0.1, 0.15) is 24.9 Å². The van der Waals surface area contributed by atoms with Gasteiger partial charge in [0.15, 0.2) is 0 Å². The van der Waals surface area contributed by atoms with Gasteiger partial charge in [0, 0.05) is 49.9 Å². The van der Waals surface area contributed by atoms with E-state index in [2.05, 4.69) is 10.2 Å². The van der Waals surface area contributed by atoms with Crippen LogP contribution in [-0.2, 0) is 4.79 Å². The Balaban J connectivity index is 1.35. The lowest BCUT2D eigenvalue weighted by molar-refractivity contribution is -0.127. The highest BCUT2D eigenvalue weighted by atomic mass is 19.1. The molecule has 5 nitrogen and oxygen atoms in total. The Morgan fingerprint density at radius 3 is 2.52 bits per heavy atom. The molecule has 1 N–H and O–H groups in total. The average molecular weight is 401 g/mol. The van der Waals surface area contributed by atoms with Gasteiger partial charge >= 0.3 is 0 Å². The van der Waals surface area contributed by atoms with Crippen molar-refractivity contribution in [2.24, 2.45) is 0 Å². The molecule has 2 aromatic rings. The Kier molecular flexibility index (Phi) is 5.67. The van der Waals surface area contributed by atoms with Gasteiger partial charge in [0.1, 0.15) is 17.4 Å². The van der Waals surface area contributed by atoms with Gasteiger partial charge in [0.25, 0.3) is 0 Å². The molecule has 1 saturated heterocycles. The Hall–Kier alpha value is -2.67. The van der Waals surface area contributed by atoms with Crippen LogP contribution in [0.4, 0.5) is 14.5 Å². The minimum absolute atomic E-state index is 0.0167. The molecule has 2 atom stereocenters. The number of fused-ring (bicyclic) bond motifs is 1. The number of rotatable bonds is 4.